The van der Waals surface area contributed by atoms with E-state index in [-0.39, 0.29) is 0 Å². The fourth-order valence-corrected chi connectivity index (χ4v) is 3.14. The van der Waals surface area contributed by atoms with Crippen molar-refractivity contribution in [1.29, 1.82) is 0 Å². The van der Waals surface area contributed by atoms with Gasteiger partial charge in [-0.25, -0.2) is 15.0 Å². The molecule has 25 heavy (non-hydrogen) atoms. The number of rotatable bonds is 4. The minimum atomic E-state index is 0.701. The van der Waals surface area contributed by atoms with Crippen LogP contribution in [-0.2, 0) is 19.5 Å². The van der Waals surface area contributed by atoms with Gasteiger partial charge in [0.2, 0.25) is 0 Å². The second-order valence-corrected chi connectivity index (χ2v) is 6.36. The fraction of sp³-hybridized carbons (Fsp3) is 0.250. The molecule has 4 rings (SSSR count). The smallest absolute Gasteiger partial charge is 0.129 e. The molecule has 0 amide bonds. The van der Waals surface area contributed by atoms with Gasteiger partial charge in [0, 0.05) is 37.6 Å². The van der Waals surface area contributed by atoms with E-state index in [4.69, 9.17) is 0 Å². The van der Waals surface area contributed by atoms with Gasteiger partial charge in [0.1, 0.15) is 18.0 Å². The highest BCUT2D eigenvalue weighted by molar-refractivity contribution is 5.45. The summed E-state index contributed by atoms with van der Waals surface area (Å²) in [6, 6.07) is 14.8. The maximum atomic E-state index is 4.66. The van der Waals surface area contributed by atoms with Gasteiger partial charge in [0.05, 0.1) is 0 Å². The van der Waals surface area contributed by atoms with Crippen LogP contribution in [0, 0.1) is 6.92 Å². The Morgan fingerprint density at radius 3 is 2.72 bits per heavy atom. The SMILES string of the molecule is Cc1cc(NCc2ccc(N3CCc4ccccc4C3)nc2)ncn1. The van der Waals surface area contributed by atoms with Crippen LogP contribution in [0.2, 0.25) is 0 Å². The maximum absolute atomic E-state index is 4.66. The number of hydrogen-bond donors (Lipinski definition) is 1. The average Bonchev–Trinajstić information content (AvgIpc) is 2.66. The number of hydrogen-bond acceptors (Lipinski definition) is 5. The summed E-state index contributed by atoms with van der Waals surface area (Å²) >= 11 is 0. The van der Waals surface area contributed by atoms with Crippen molar-refractivity contribution in [2.45, 2.75) is 26.4 Å². The van der Waals surface area contributed by atoms with Gasteiger partial charge in [-0.05, 0) is 36.1 Å². The van der Waals surface area contributed by atoms with E-state index in [2.05, 4.69) is 61.6 Å². The summed E-state index contributed by atoms with van der Waals surface area (Å²) in [5, 5.41) is 3.31. The van der Waals surface area contributed by atoms with Gasteiger partial charge in [0.15, 0.2) is 0 Å². The molecule has 2 aromatic heterocycles. The van der Waals surface area contributed by atoms with Gasteiger partial charge in [0.25, 0.3) is 0 Å². The Morgan fingerprint density at radius 2 is 1.92 bits per heavy atom. The van der Waals surface area contributed by atoms with Crippen molar-refractivity contribution in [3.05, 3.63) is 77.4 Å². The second-order valence-electron chi connectivity index (χ2n) is 6.36. The summed E-state index contributed by atoms with van der Waals surface area (Å²) < 4.78 is 0. The van der Waals surface area contributed by atoms with Crippen molar-refractivity contribution in [1.82, 2.24) is 15.0 Å². The lowest BCUT2D eigenvalue weighted by Crippen LogP contribution is -2.30. The highest BCUT2D eigenvalue weighted by atomic mass is 15.2. The number of anilines is 2. The van der Waals surface area contributed by atoms with E-state index in [9.17, 15) is 0 Å². The maximum Gasteiger partial charge on any atom is 0.129 e. The Kier molecular flexibility index (Phi) is 4.29. The number of nitrogens with one attached hydrogen (secondary N) is 1. The van der Waals surface area contributed by atoms with E-state index >= 15 is 0 Å². The molecule has 1 aliphatic rings. The molecule has 5 nitrogen and oxygen atoms in total. The zero-order chi connectivity index (χ0) is 17.1. The molecule has 5 heteroatoms. The minimum Gasteiger partial charge on any atom is -0.366 e. The molecule has 3 aromatic rings. The monoisotopic (exact) mass is 331 g/mol. The number of nitrogens with zero attached hydrogens (tertiary/aromatic N) is 4. The van der Waals surface area contributed by atoms with E-state index in [0.29, 0.717) is 6.54 Å². The number of fused-ring (bicyclic) bond motifs is 1. The third-order valence-corrected chi connectivity index (χ3v) is 4.54. The first kappa shape index (κ1) is 15.6. The number of aryl methyl sites for hydroxylation is 1. The first-order chi connectivity index (χ1) is 12.3. The summed E-state index contributed by atoms with van der Waals surface area (Å²) in [7, 11) is 0. The lowest BCUT2D eigenvalue weighted by Gasteiger charge is -2.29. The molecule has 0 fully saturated rings. The lowest BCUT2D eigenvalue weighted by atomic mass is 10.00. The van der Waals surface area contributed by atoms with Crippen LogP contribution in [0.15, 0.2) is 55.0 Å². The molecule has 0 saturated carbocycles. The molecule has 0 spiro atoms. The average molecular weight is 331 g/mol. The van der Waals surface area contributed by atoms with Crippen LogP contribution in [0.1, 0.15) is 22.4 Å². The fourth-order valence-electron chi connectivity index (χ4n) is 3.14. The predicted octanol–water partition coefficient (Wildman–Crippen LogP) is 3.35. The first-order valence-electron chi connectivity index (χ1n) is 8.57. The van der Waals surface area contributed by atoms with Crippen molar-refractivity contribution in [3.8, 4) is 0 Å². The first-order valence-corrected chi connectivity index (χ1v) is 8.57. The second kappa shape index (κ2) is 6.89. The third-order valence-electron chi connectivity index (χ3n) is 4.54. The molecule has 126 valence electrons. The number of pyridine rings is 1. The molecule has 0 atom stereocenters. The molecular weight excluding hydrogens is 310 g/mol. The lowest BCUT2D eigenvalue weighted by molar-refractivity contribution is 0.720. The molecule has 1 aliphatic heterocycles. The Labute approximate surface area is 147 Å². The minimum absolute atomic E-state index is 0.701. The summed E-state index contributed by atoms with van der Waals surface area (Å²) in [5.41, 5.74) is 4.95. The quantitative estimate of drug-likeness (QED) is 0.794. The summed E-state index contributed by atoms with van der Waals surface area (Å²) in [6.45, 7) is 4.61. The molecule has 0 saturated heterocycles. The topological polar surface area (TPSA) is 53.9 Å². The van der Waals surface area contributed by atoms with Crippen LogP contribution >= 0.6 is 0 Å². The van der Waals surface area contributed by atoms with Crippen LogP contribution in [0.3, 0.4) is 0 Å². The van der Waals surface area contributed by atoms with Gasteiger partial charge >= 0.3 is 0 Å². The van der Waals surface area contributed by atoms with Gasteiger partial charge in [-0.1, -0.05) is 30.3 Å². The normalized spacial score (nSPS) is 13.4. The summed E-state index contributed by atoms with van der Waals surface area (Å²) in [5.74, 6) is 1.88. The van der Waals surface area contributed by atoms with Crippen LogP contribution in [-0.4, -0.2) is 21.5 Å². The summed E-state index contributed by atoms with van der Waals surface area (Å²) in [6.07, 6.45) is 4.60. The summed E-state index contributed by atoms with van der Waals surface area (Å²) in [4.78, 5) is 15.3. The van der Waals surface area contributed by atoms with Crippen molar-refractivity contribution in [3.63, 3.8) is 0 Å². The van der Waals surface area contributed by atoms with E-state index in [1.54, 1.807) is 6.33 Å². The Balaban J connectivity index is 1.40. The van der Waals surface area contributed by atoms with E-state index in [1.807, 2.05) is 19.2 Å². The highest BCUT2D eigenvalue weighted by Gasteiger charge is 2.16. The zero-order valence-corrected chi connectivity index (χ0v) is 14.3. The van der Waals surface area contributed by atoms with Crippen molar-refractivity contribution in [2.24, 2.45) is 0 Å². The van der Waals surface area contributed by atoms with Crippen LogP contribution < -0.4 is 10.2 Å². The Morgan fingerprint density at radius 1 is 1.04 bits per heavy atom. The number of benzene rings is 1. The van der Waals surface area contributed by atoms with Gasteiger partial charge in [-0.15, -0.1) is 0 Å². The standard InChI is InChI=1S/C20H21N5/c1-15-10-19(24-14-23-15)21-11-16-6-7-20(22-12-16)25-9-8-17-4-2-3-5-18(17)13-25/h2-7,10,12,14H,8-9,11,13H2,1H3,(H,21,23,24). The molecule has 0 radical (unpaired) electrons. The van der Waals surface area contributed by atoms with Crippen molar-refractivity contribution >= 4 is 11.6 Å². The Hall–Kier alpha value is -2.95. The molecule has 0 aliphatic carbocycles. The highest BCUT2D eigenvalue weighted by Crippen LogP contribution is 2.23. The third kappa shape index (κ3) is 3.60. The largest absolute Gasteiger partial charge is 0.366 e. The molecule has 3 heterocycles. The van der Waals surface area contributed by atoms with Crippen molar-refractivity contribution < 1.29 is 0 Å². The van der Waals surface area contributed by atoms with Gasteiger partial charge in [-0.2, -0.15) is 0 Å². The molecular formula is C20H21N5. The van der Waals surface area contributed by atoms with Crippen LogP contribution in [0.25, 0.3) is 0 Å². The zero-order valence-electron chi connectivity index (χ0n) is 14.3. The Bertz CT molecular complexity index is 860. The van der Waals surface area contributed by atoms with Gasteiger partial charge in [-0.3, -0.25) is 0 Å². The van der Waals surface area contributed by atoms with E-state index in [1.165, 1.54) is 11.1 Å². The van der Waals surface area contributed by atoms with E-state index in [0.717, 1.165) is 42.4 Å². The van der Waals surface area contributed by atoms with Gasteiger partial charge < -0.3 is 10.2 Å². The number of aromatic nitrogens is 3. The molecule has 1 aromatic carbocycles. The molecule has 0 unspecified atom stereocenters. The van der Waals surface area contributed by atoms with Crippen molar-refractivity contribution in [2.75, 3.05) is 16.8 Å². The molecule has 0 bridgehead atoms. The van der Waals surface area contributed by atoms with Crippen LogP contribution in [0.4, 0.5) is 11.6 Å². The van der Waals surface area contributed by atoms with E-state index < -0.39 is 0 Å². The predicted molar refractivity (Wildman–Crippen MR) is 99.5 cm³/mol. The van der Waals surface area contributed by atoms with Crippen LogP contribution in [0.5, 0.6) is 0 Å². The molecule has 1 N–H and O–H groups in total.